The molecule has 0 spiro atoms. The zero-order valence-corrected chi connectivity index (χ0v) is 19.6. The predicted molar refractivity (Wildman–Crippen MR) is 125 cm³/mol. The van der Waals surface area contributed by atoms with Crippen LogP contribution in [0.4, 0.5) is 0 Å². The normalized spacial score (nSPS) is 19.7. The van der Waals surface area contributed by atoms with E-state index in [1.807, 2.05) is 12.1 Å². The van der Waals surface area contributed by atoms with E-state index in [-0.39, 0.29) is 48.1 Å². The maximum atomic E-state index is 13.2. The maximum Gasteiger partial charge on any atom is 0.258 e. The van der Waals surface area contributed by atoms with Gasteiger partial charge in [-0.05, 0) is 54.7 Å². The van der Waals surface area contributed by atoms with Crippen LogP contribution in [0.25, 0.3) is 0 Å². The number of hydrogen-bond donors (Lipinski definition) is 1. The SMILES string of the molecule is O=C1NC(=O)c2cc(C(=O)N3CCN(S(=O)(=O)c4ccc(C5CCCCC5)cc4)CC3)ccc21. The van der Waals surface area contributed by atoms with Gasteiger partial charge >= 0.3 is 0 Å². The van der Waals surface area contributed by atoms with Gasteiger partial charge in [0.2, 0.25) is 10.0 Å². The van der Waals surface area contributed by atoms with Crippen molar-refractivity contribution in [1.82, 2.24) is 14.5 Å². The summed E-state index contributed by atoms with van der Waals surface area (Å²) >= 11 is 0. The molecule has 2 aromatic rings. The Balaban J connectivity index is 1.24. The minimum atomic E-state index is -3.64. The van der Waals surface area contributed by atoms with Crippen molar-refractivity contribution in [1.29, 1.82) is 0 Å². The third kappa shape index (κ3) is 4.14. The lowest BCUT2D eigenvalue weighted by atomic mass is 9.84. The summed E-state index contributed by atoms with van der Waals surface area (Å²) in [6, 6.07) is 11.7. The Labute approximate surface area is 199 Å². The van der Waals surface area contributed by atoms with Crippen molar-refractivity contribution in [2.24, 2.45) is 0 Å². The molecule has 3 amide bonds. The molecule has 0 aromatic heterocycles. The molecule has 1 N–H and O–H groups in total. The van der Waals surface area contributed by atoms with Crippen LogP contribution in [0.5, 0.6) is 0 Å². The molecule has 0 atom stereocenters. The molecule has 2 aromatic carbocycles. The Bertz CT molecular complexity index is 1240. The van der Waals surface area contributed by atoms with Crippen LogP contribution in [0, 0.1) is 0 Å². The average molecular weight is 482 g/mol. The first kappa shape index (κ1) is 22.7. The molecule has 0 bridgehead atoms. The minimum Gasteiger partial charge on any atom is -0.336 e. The van der Waals surface area contributed by atoms with Gasteiger partial charge in [0.25, 0.3) is 17.7 Å². The third-order valence-electron chi connectivity index (χ3n) is 7.10. The highest BCUT2D eigenvalue weighted by Gasteiger charge is 2.32. The van der Waals surface area contributed by atoms with E-state index in [1.54, 1.807) is 17.0 Å². The highest BCUT2D eigenvalue weighted by molar-refractivity contribution is 7.89. The van der Waals surface area contributed by atoms with Crippen LogP contribution in [-0.4, -0.2) is 61.5 Å². The molecule has 2 heterocycles. The monoisotopic (exact) mass is 481 g/mol. The first-order chi connectivity index (χ1) is 16.3. The standard InChI is InChI=1S/C25H27N3O5S/c29-23-21-11-8-19(16-22(21)24(30)26-23)25(31)27-12-14-28(15-13-27)34(32,33)20-9-6-18(7-10-20)17-4-2-1-3-5-17/h6-11,16-17H,1-5,12-15H2,(H,26,29,30). The quantitative estimate of drug-likeness (QED) is 0.677. The fraction of sp³-hybridized carbons (Fsp3) is 0.400. The van der Waals surface area contributed by atoms with E-state index in [9.17, 15) is 22.8 Å². The molecule has 2 aliphatic heterocycles. The molecule has 5 rings (SSSR count). The summed E-state index contributed by atoms with van der Waals surface area (Å²) in [7, 11) is -3.64. The largest absolute Gasteiger partial charge is 0.336 e. The number of nitrogens with one attached hydrogen (secondary N) is 1. The van der Waals surface area contributed by atoms with Crippen molar-refractivity contribution in [2.75, 3.05) is 26.2 Å². The fourth-order valence-electron chi connectivity index (χ4n) is 5.11. The van der Waals surface area contributed by atoms with Gasteiger partial charge in [0, 0.05) is 31.7 Å². The average Bonchev–Trinajstić information content (AvgIpc) is 3.17. The van der Waals surface area contributed by atoms with Crippen molar-refractivity contribution in [3.8, 4) is 0 Å². The Kier molecular flexibility index (Phi) is 5.99. The number of imide groups is 1. The smallest absolute Gasteiger partial charge is 0.258 e. The van der Waals surface area contributed by atoms with Gasteiger partial charge < -0.3 is 4.90 Å². The van der Waals surface area contributed by atoms with Crippen molar-refractivity contribution in [2.45, 2.75) is 42.9 Å². The topological polar surface area (TPSA) is 104 Å². The Morgan fingerprint density at radius 3 is 2.15 bits per heavy atom. The van der Waals surface area contributed by atoms with Gasteiger partial charge in [0.1, 0.15) is 0 Å². The number of fused-ring (bicyclic) bond motifs is 1. The zero-order valence-electron chi connectivity index (χ0n) is 18.8. The lowest BCUT2D eigenvalue weighted by Gasteiger charge is -2.34. The summed E-state index contributed by atoms with van der Waals surface area (Å²) in [5.41, 5.74) is 1.96. The van der Waals surface area contributed by atoms with Gasteiger partial charge in [-0.15, -0.1) is 0 Å². The number of hydrogen-bond acceptors (Lipinski definition) is 5. The minimum absolute atomic E-state index is 0.189. The second-order valence-electron chi connectivity index (χ2n) is 9.14. The van der Waals surface area contributed by atoms with Gasteiger partial charge in [-0.3, -0.25) is 19.7 Å². The molecular weight excluding hydrogens is 454 g/mol. The van der Waals surface area contributed by atoms with Gasteiger partial charge in [-0.2, -0.15) is 4.31 Å². The summed E-state index contributed by atoms with van der Waals surface area (Å²) in [6.45, 7) is 0.894. The van der Waals surface area contributed by atoms with Crippen LogP contribution in [0.15, 0.2) is 47.4 Å². The molecule has 2 fully saturated rings. The molecule has 8 nitrogen and oxygen atoms in total. The van der Waals surface area contributed by atoms with Crippen LogP contribution in [0.1, 0.15) is 74.7 Å². The van der Waals surface area contributed by atoms with Gasteiger partial charge in [0.05, 0.1) is 16.0 Å². The fourth-order valence-corrected chi connectivity index (χ4v) is 6.53. The maximum absolute atomic E-state index is 13.2. The Morgan fingerprint density at radius 2 is 1.47 bits per heavy atom. The highest BCUT2D eigenvalue weighted by atomic mass is 32.2. The van der Waals surface area contributed by atoms with E-state index in [2.05, 4.69) is 5.32 Å². The van der Waals surface area contributed by atoms with E-state index in [0.717, 1.165) is 12.8 Å². The van der Waals surface area contributed by atoms with E-state index in [0.29, 0.717) is 11.5 Å². The summed E-state index contributed by atoms with van der Waals surface area (Å²) in [5, 5.41) is 2.21. The molecule has 9 heteroatoms. The Morgan fingerprint density at radius 1 is 0.824 bits per heavy atom. The predicted octanol–water partition coefficient (Wildman–Crippen LogP) is 2.76. The van der Waals surface area contributed by atoms with Crippen LogP contribution in [-0.2, 0) is 10.0 Å². The molecule has 34 heavy (non-hydrogen) atoms. The third-order valence-corrected chi connectivity index (χ3v) is 9.02. The van der Waals surface area contributed by atoms with Gasteiger partial charge in [-0.25, -0.2) is 8.42 Å². The number of carbonyl (C=O) groups is 3. The summed E-state index contributed by atoms with van der Waals surface area (Å²) < 4.78 is 27.7. The number of benzene rings is 2. The van der Waals surface area contributed by atoms with Crippen molar-refractivity contribution in [3.63, 3.8) is 0 Å². The molecule has 1 saturated heterocycles. The van der Waals surface area contributed by atoms with E-state index in [4.69, 9.17) is 0 Å². The molecule has 3 aliphatic rings. The van der Waals surface area contributed by atoms with Crippen LogP contribution in [0.2, 0.25) is 0 Å². The van der Waals surface area contributed by atoms with Crippen LogP contribution < -0.4 is 5.32 Å². The molecule has 1 aliphatic carbocycles. The lowest BCUT2D eigenvalue weighted by molar-refractivity contribution is 0.0697. The molecule has 178 valence electrons. The molecule has 1 saturated carbocycles. The zero-order chi connectivity index (χ0) is 23.9. The number of carbonyl (C=O) groups excluding carboxylic acids is 3. The number of sulfonamides is 1. The first-order valence-electron chi connectivity index (χ1n) is 11.7. The number of amides is 3. The van der Waals surface area contributed by atoms with Crippen molar-refractivity contribution < 1.29 is 22.8 Å². The van der Waals surface area contributed by atoms with E-state index >= 15 is 0 Å². The van der Waals surface area contributed by atoms with Gasteiger partial charge in [0.15, 0.2) is 0 Å². The van der Waals surface area contributed by atoms with E-state index < -0.39 is 21.8 Å². The number of rotatable bonds is 4. The summed E-state index contributed by atoms with van der Waals surface area (Å²) in [6.07, 6.45) is 6.05. The second-order valence-corrected chi connectivity index (χ2v) is 11.1. The number of nitrogens with zero attached hydrogens (tertiary/aromatic N) is 2. The number of piperazine rings is 1. The summed E-state index contributed by atoms with van der Waals surface area (Å²) in [5.74, 6) is -0.753. The van der Waals surface area contributed by atoms with Crippen molar-refractivity contribution in [3.05, 3.63) is 64.7 Å². The van der Waals surface area contributed by atoms with Crippen molar-refractivity contribution >= 4 is 27.7 Å². The Hall–Kier alpha value is -3.04. The first-order valence-corrected chi connectivity index (χ1v) is 13.2. The van der Waals surface area contributed by atoms with Crippen LogP contribution >= 0.6 is 0 Å². The lowest BCUT2D eigenvalue weighted by Crippen LogP contribution is -2.50. The molecular formula is C25H27N3O5S. The second kappa shape index (κ2) is 8.96. The van der Waals surface area contributed by atoms with Crippen LogP contribution in [0.3, 0.4) is 0 Å². The summed E-state index contributed by atoms with van der Waals surface area (Å²) in [4.78, 5) is 38.4. The molecule has 0 unspecified atom stereocenters. The van der Waals surface area contributed by atoms with Gasteiger partial charge in [-0.1, -0.05) is 31.4 Å². The molecule has 0 radical (unpaired) electrons. The van der Waals surface area contributed by atoms with E-state index in [1.165, 1.54) is 47.3 Å². The highest BCUT2D eigenvalue weighted by Crippen LogP contribution is 2.33.